The Balaban J connectivity index is 2.92. The third kappa shape index (κ3) is 2.69. The van der Waals surface area contributed by atoms with Crippen LogP contribution in [0.2, 0.25) is 0 Å². The molecule has 1 heterocycles. The molecule has 5 heteroatoms. The number of hydrogen-bond donors (Lipinski definition) is 1. The molecule has 0 aliphatic carbocycles. The van der Waals surface area contributed by atoms with Gasteiger partial charge in [-0.2, -0.15) is 13.2 Å². The van der Waals surface area contributed by atoms with Crippen LogP contribution in [0.5, 0.6) is 0 Å². The van der Waals surface area contributed by atoms with Gasteiger partial charge in [-0.3, -0.25) is 4.98 Å². The van der Waals surface area contributed by atoms with E-state index in [0.717, 1.165) is 12.3 Å². The molecule has 0 saturated carbocycles. The normalized spacial score (nSPS) is 11.7. The second kappa shape index (κ2) is 3.74. The van der Waals surface area contributed by atoms with Gasteiger partial charge in [-0.1, -0.05) is 0 Å². The molecule has 1 aromatic rings. The quantitative estimate of drug-likeness (QED) is 0.769. The largest absolute Gasteiger partial charge is 0.433 e. The van der Waals surface area contributed by atoms with Crippen LogP contribution < -0.4 is 5.73 Å². The van der Waals surface area contributed by atoms with Gasteiger partial charge in [0.05, 0.1) is 0 Å². The molecule has 0 radical (unpaired) electrons. The Kier molecular flexibility index (Phi) is 2.87. The molecule has 2 nitrogen and oxygen atoms in total. The highest BCUT2D eigenvalue weighted by molar-refractivity contribution is 5.18. The lowest BCUT2D eigenvalue weighted by molar-refractivity contribution is -0.141. The highest BCUT2D eigenvalue weighted by atomic mass is 19.4. The molecule has 0 fully saturated rings. The third-order valence-electron chi connectivity index (χ3n) is 1.55. The average molecular weight is 190 g/mol. The minimum Gasteiger partial charge on any atom is -0.330 e. The summed E-state index contributed by atoms with van der Waals surface area (Å²) in [6.45, 7) is 0.335. The zero-order valence-electron chi connectivity index (χ0n) is 6.80. The molecule has 0 saturated heterocycles. The Morgan fingerprint density at radius 2 is 2.08 bits per heavy atom. The van der Waals surface area contributed by atoms with Gasteiger partial charge in [0, 0.05) is 6.20 Å². The predicted molar refractivity (Wildman–Crippen MR) is 42.0 cm³/mol. The van der Waals surface area contributed by atoms with Crippen LogP contribution in [0.15, 0.2) is 18.3 Å². The Labute approximate surface area is 73.6 Å². The fraction of sp³-hybridized carbons (Fsp3) is 0.375. The van der Waals surface area contributed by atoms with Gasteiger partial charge >= 0.3 is 6.18 Å². The van der Waals surface area contributed by atoms with Gasteiger partial charge in [-0.05, 0) is 30.7 Å². The predicted octanol–water partition coefficient (Wildman–Crippen LogP) is 1.60. The summed E-state index contributed by atoms with van der Waals surface area (Å²) in [5, 5.41) is 0. The average Bonchev–Trinajstić information content (AvgIpc) is 2.04. The van der Waals surface area contributed by atoms with E-state index in [4.69, 9.17) is 5.73 Å². The molecule has 72 valence electrons. The summed E-state index contributed by atoms with van der Waals surface area (Å²) in [4.78, 5) is 3.23. The monoisotopic (exact) mass is 190 g/mol. The number of aromatic nitrogens is 1. The molecule has 0 aliphatic heterocycles. The maximum Gasteiger partial charge on any atom is 0.433 e. The summed E-state index contributed by atoms with van der Waals surface area (Å²) < 4.78 is 36.3. The van der Waals surface area contributed by atoms with Crippen LogP contribution in [0, 0.1) is 0 Å². The van der Waals surface area contributed by atoms with Crippen molar-refractivity contribution in [2.24, 2.45) is 5.73 Å². The maximum atomic E-state index is 12.1. The summed E-state index contributed by atoms with van der Waals surface area (Å²) in [6.07, 6.45) is -2.79. The van der Waals surface area contributed by atoms with Crippen molar-refractivity contribution in [2.75, 3.05) is 6.54 Å². The zero-order chi connectivity index (χ0) is 9.90. The van der Waals surface area contributed by atoms with Crippen molar-refractivity contribution in [3.63, 3.8) is 0 Å². The number of halogens is 3. The van der Waals surface area contributed by atoms with Gasteiger partial charge in [0.15, 0.2) is 0 Å². The first-order valence-electron chi connectivity index (χ1n) is 3.76. The molecule has 0 aliphatic rings. The smallest absolute Gasteiger partial charge is 0.330 e. The van der Waals surface area contributed by atoms with Crippen LogP contribution in [0.4, 0.5) is 13.2 Å². The van der Waals surface area contributed by atoms with E-state index in [1.807, 2.05) is 0 Å². The molecule has 1 rings (SSSR count). The fourth-order valence-corrected chi connectivity index (χ4v) is 0.951. The van der Waals surface area contributed by atoms with Crippen LogP contribution in [0.25, 0.3) is 0 Å². The molecular formula is C8H9F3N2. The van der Waals surface area contributed by atoms with E-state index in [1.165, 1.54) is 6.07 Å². The second-order valence-electron chi connectivity index (χ2n) is 2.59. The van der Waals surface area contributed by atoms with Crippen molar-refractivity contribution in [3.05, 3.63) is 29.6 Å². The van der Waals surface area contributed by atoms with Crippen molar-refractivity contribution >= 4 is 0 Å². The van der Waals surface area contributed by atoms with Crippen molar-refractivity contribution in [1.82, 2.24) is 4.98 Å². The van der Waals surface area contributed by atoms with Gasteiger partial charge in [-0.15, -0.1) is 0 Å². The van der Waals surface area contributed by atoms with Crippen LogP contribution in [-0.2, 0) is 12.6 Å². The van der Waals surface area contributed by atoms with Crippen LogP contribution >= 0.6 is 0 Å². The summed E-state index contributed by atoms with van der Waals surface area (Å²) >= 11 is 0. The summed E-state index contributed by atoms with van der Waals surface area (Å²) in [7, 11) is 0. The van der Waals surface area contributed by atoms with Gasteiger partial charge in [0.1, 0.15) is 5.69 Å². The van der Waals surface area contributed by atoms with E-state index in [9.17, 15) is 13.2 Å². The highest BCUT2D eigenvalue weighted by Gasteiger charge is 2.32. The minimum absolute atomic E-state index is 0.335. The first-order valence-corrected chi connectivity index (χ1v) is 3.76. The first kappa shape index (κ1) is 9.98. The van der Waals surface area contributed by atoms with Gasteiger partial charge in [0.2, 0.25) is 0 Å². The van der Waals surface area contributed by atoms with Crippen LogP contribution in [0.3, 0.4) is 0 Å². The SMILES string of the molecule is NCCc1ccnc(C(F)(F)F)c1. The number of hydrogen-bond acceptors (Lipinski definition) is 2. The number of nitrogens with zero attached hydrogens (tertiary/aromatic N) is 1. The lowest BCUT2D eigenvalue weighted by atomic mass is 10.1. The Bertz CT molecular complexity index is 283. The molecule has 0 unspecified atom stereocenters. The van der Waals surface area contributed by atoms with Crippen molar-refractivity contribution in [2.45, 2.75) is 12.6 Å². The highest BCUT2D eigenvalue weighted by Crippen LogP contribution is 2.27. The molecular weight excluding hydrogens is 181 g/mol. The minimum atomic E-state index is -4.37. The molecule has 0 aromatic carbocycles. The summed E-state index contributed by atoms with van der Waals surface area (Å²) in [5.41, 5.74) is 4.92. The summed E-state index contributed by atoms with van der Waals surface area (Å²) in [5.74, 6) is 0. The van der Waals surface area contributed by atoms with E-state index in [-0.39, 0.29) is 0 Å². The number of nitrogens with two attached hydrogens (primary N) is 1. The Hall–Kier alpha value is -1.10. The fourth-order valence-electron chi connectivity index (χ4n) is 0.951. The van der Waals surface area contributed by atoms with E-state index in [0.29, 0.717) is 18.5 Å². The maximum absolute atomic E-state index is 12.1. The molecule has 0 amide bonds. The van der Waals surface area contributed by atoms with Gasteiger partial charge in [-0.25, -0.2) is 0 Å². The number of pyridine rings is 1. The molecule has 0 atom stereocenters. The van der Waals surface area contributed by atoms with Crippen LogP contribution in [0.1, 0.15) is 11.3 Å². The van der Waals surface area contributed by atoms with Gasteiger partial charge in [0.25, 0.3) is 0 Å². The topological polar surface area (TPSA) is 38.9 Å². The van der Waals surface area contributed by atoms with E-state index in [2.05, 4.69) is 4.98 Å². The van der Waals surface area contributed by atoms with E-state index < -0.39 is 11.9 Å². The van der Waals surface area contributed by atoms with Crippen molar-refractivity contribution in [1.29, 1.82) is 0 Å². The first-order chi connectivity index (χ1) is 6.04. The molecule has 0 spiro atoms. The number of alkyl halides is 3. The Morgan fingerprint density at radius 1 is 1.38 bits per heavy atom. The molecule has 0 bridgehead atoms. The molecule has 1 aromatic heterocycles. The van der Waals surface area contributed by atoms with Gasteiger partial charge < -0.3 is 5.73 Å². The van der Waals surface area contributed by atoms with Crippen molar-refractivity contribution < 1.29 is 13.2 Å². The second-order valence-corrected chi connectivity index (χ2v) is 2.59. The number of rotatable bonds is 2. The zero-order valence-corrected chi connectivity index (χ0v) is 6.80. The molecule has 13 heavy (non-hydrogen) atoms. The summed E-state index contributed by atoms with van der Waals surface area (Å²) in [6, 6.07) is 2.55. The van der Waals surface area contributed by atoms with E-state index in [1.54, 1.807) is 0 Å². The Morgan fingerprint density at radius 3 is 2.62 bits per heavy atom. The lowest BCUT2D eigenvalue weighted by Crippen LogP contribution is -2.09. The lowest BCUT2D eigenvalue weighted by Gasteiger charge is -2.06. The van der Waals surface area contributed by atoms with Crippen molar-refractivity contribution in [3.8, 4) is 0 Å². The van der Waals surface area contributed by atoms with Crippen LogP contribution in [-0.4, -0.2) is 11.5 Å². The van der Waals surface area contributed by atoms with E-state index >= 15 is 0 Å². The standard InChI is InChI=1S/C8H9F3N2/c9-8(10,11)7-5-6(1-3-12)2-4-13-7/h2,4-5H,1,3,12H2. The third-order valence-corrected chi connectivity index (χ3v) is 1.55. The molecule has 2 N–H and O–H groups in total.